The van der Waals surface area contributed by atoms with E-state index in [4.69, 9.17) is 0 Å². The van der Waals surface area contributed by atoms with Crippen LogP contribution in [-0.2, 0) is 0 Å². The largest absolute Gasteiger partial charge is 0.396 e. The van der Waals surface area contributed by atoms with Crippen LogP contribution in [0.1, 0.15) is 42.5 Å². The Balaban J connectivity index is 2.17. The van der Waals surface area contributed by atoms with Crippen molar-refractivity contribution in [2.45, 2.75) is 39.5 Å². The van der Waals surface area contributed by atoms with Gasteiger partial charge >= 0.3 is 0 Å². The topological polar surface area (TPSA) is 68.9 Å². The lowest BCUT2D eigenvalue weighted by atomic mass is 9.87. The standard InChI is InChI=1S/C15H21N3O/c1-11-7-12(2)18-14(13(11)8-16)17-9-15(10-19)5-3-4-6-15/h7,19H,3-6,9-10H2,1-2H3,(H,17,18). The average molecular weight is 259 g/mol. The van der Waals surface area contributed by atoms with Gasteiger partial charge in [0.1, 0.15) is 11.9 Å². The molecule has 0 atom stereocenters. The number of aliphatic hydroxyl groups is 1. The molecule has 1 aliphatic rings. The van der Waals surface area contributed by atoms with Gasteiger partial charge in [0, 0.05) is 17.7 Å². The molecular weight excluding hydrogens is 238 g/mol. The Hall–Kier alpha value is -1.60. The number of aryl methyl sites for hydroxylation is 2. The van der Waals surface area contributed by atoms with E-state index in [9.17, 15) is 10.4 Å². The molecule has 1 fully saturated rings. The van der Waals surface area contributed by atoms with E-state index in [-0.39, 0.29) is 12.0 Å². The summed E-state index contributed by atoms with van der Waals surface area (Å²) >= 11 is 0. The Bertz CT molecular complexity index is 499. The van der Waals surface area contributed by atoms with Crippen molar-refractivity contribution in [2.24, 2.45) is 5.41 Å². The summed E-state index contributed by atoms with van der Waals surface area (Å²) < 4.78 is 0. The first-order valence-corrected chi connectivity index (χ1v) is 6.83. The van der Waals surface area contributed by atoms with Crippen LogP contribution in [0.15, 0.2) is 6.07 Å². The molecule has 102 valence electrons. The molecule has 1 saturated carbocycles. The van der Waals surface area contributed by atoms with Crippen LogP contribution in [-0.4, -0.2) is 23.2 Å². The molecule has 0 saturated heterocycles. The molecular formula is C15H21N3O. The Kier molecular flexibility index (Phi) is 4.06. The maximum absolute atomic E-state index is 9.60. The number of aromatic nitrogens is 1. The molecule has 0 amide bonds. The smallest absolute Gasteiger partial charge is 0.144 e. The van der Waals surface area contributed by atoms with Gasteiger partial charge in [-0.2, -0.15) is 5.26 Å². The first kappa shape index (κ1) is 13.8. The SMILES string of the molecule is Cc1cc(C)c(C#N)c(NCC2(CO)CCCC2)n1. The first-order chi connectivity index (χ1) is 9.10. The lowest BCUT2D eigenvalue weighted by Crippen LogP contribution is -2.31. The van der Waals surface area contributed by atoms with Gasteiger partial charge in [0.15, 0.2) is 0 Å². The second-order valence-electron chi connectivity index (χ2n) is 5.63. The van der Waals surface area contributed by atoms with Gasteiger partial charge in [0.2, 0.25) is 0 Å². The quantitative estimate of drug-likeness (QED) is 0.871. The van der Waals surface area contributed by atoms with Crippen molar-refractivity contribution in [1.29, 1.82) is 5.26 Å². The third-order valence-electron chi connectivity index (χ3n) is 4.09. The molecule has 0 radical (unpaired) electrons. The van der Waals surface area contributed by atoms with E-state index in [1.165, 1.54) is 12.8 Å². The van der Waals surface area contributed by atoms with Crippen LogP contribution in [0.3, 0.4) is 0 Å². The monoisotopic (exact) mass is 259 g/mol. The number of nitrogens with zero attached hydrogens (tertiary/aromatic N) is 2. The molecule has 4 nitrogen and oxygen atoms in total. The number of anilines is 1. The third-order valence-corrected chi connectivity index (χ3v) is 4.09. The van der Waals surface area contributed by atoms with Crippen LogP contribution in [0.2, 0.25) is 0 Å². The molecule has 1 aromatic rings. The highest BCUT2D eigenvalue weighted by molar-refractivity contribution is 5.56. The minimum atomic E-state index is -0.0357. The molecule has 4 heteroatoms. The van der Waals surface area contributed by atoms with Crippen molar-refractivity contribution in [3.05, 3.63) is 22.9 Å². The maximum Gasteiger partial charge on any atom is 0.144 e. The molecule has 0 aromatic carbocycles. The Morgan fingerprint density at radius 3 is 2.68 bits per heavy atom. The van der Waals surface area contributed by atoms with E-state index < -0.39 is 0 Å². The molecule has 0 aliphatic heterocycles. The van der Waals surface area contributed by atoms with Gasteiger partial charge in [0.25, 0.3) is 0 Å². The van der Waals surface area contributed by atoms with Gasteiger partial charge in [0.05, 0.1) is 12.2 Å². The predicted octanol–water partition coefficient (Wildman–Crippen LogP) is 2.53. The zero-order valence-electron chi connectivity index (χ0n) is 11.7. The molecule has 1 heterocycles. The highest BCUT2D eigenvalue weighted by Crippen LogP contribution is 2.37. The lowest BCUT2D eigenvalue weighted by molar-refractivity contribution is 0.142. The van der Waals surface area contributed by atoms with Crippen molar-refractivity contribution in [3.63, 3.8) is 0 Å². The minimum Gasteiger partial charge on any atom is -0.396 e. The summed E-state index contributed by atoms with van der Waals surface area (Å²) in [6.45, 7) is 4.74. The van der Waals surface area contributed by atoms with E-state index in [1.807, 2.05) is 19.9 Å². The minimum absolute atomic E-state index is 0.0357. The number of aliphatic hydroxyl groups excluding tert-OH is 1. The Labute approximate surface area is 114 Å². The molecule has 0 unspecified atom stereocenters. The number of rotatable bonds is 4. The molecule has 0 bridgehead atoms. The van der Waals surface area contributed by atoms with E-state index in [0.717, 1.165) is 24.1 Å². The zero-order chi connectivity index (χ0) is 13.9. The van der Waals surface area contributed by atoms with Crippen LogP contribution in [0.25, 0.3) is 0 Å². The third kappa shape index (κ3) is 2.87. The van der Waals surface area contributed by atoms with Crippen LogP contribution < -0.4 is 5.32 Å². The lowest BCUT2D eigenvalue weighted by Gasteiger charge is -2.27. The van der Waals surface area contributed by atoms with Gasteiger partial charge < -0.3 is 10.4 Å². The summed E-state index contributed by atoms with van der Waals surface area (Å²) in [7, 11) is 0. The molecule has 1 aromatic heterocycles. The van der Waals surface area contributed by atoms with Crippen molar-refractivity contribution < 1.29 is 5.11 Å². The van der Waals surface area contributed by atoms with E-state index in [2.05, 4.69) is 16.4 Å². The molecule has 19 heavy (non-hydrogen) atoms. The summed E-state index contributed by atoms with van der Waals surface area (Å²) in [5.74, 6) is 0.653. The van der Waals surface area contributed by atoms with Gasteiger partial charge in [-0.3, -0.25) is 0 Å². The molecule has 2 N–H and O–H groups in total. The van der Waals surface area contributed by atoms with Crippen LogP contribution in [0.5, 0.6) is 0 Å². The number of nitriles is 1. The highest BCUT2D eigenvalue weighted by Gasteiger charge is 2.33. The first-order valence-electron chi connectivity index (χ1n) is 6.83. The normalized spacial score (nSPS) is 17.2. The summed E-state index contributed by atoms with van der Waals surface area (Å²) in [4.78, 5) is 4.42. The number of hydrogen-bond donors (Lipinski definition) is 2. The Morgan fingerprint density at radius 1 is 1.42 bits per heavy atom. The van der Waals surface area contributed by atoms with Gasteiger partial charge in [-0.1, -0.05) is 12.8 Å². The zero-order valence-corrected chi connectivity index (χ0v) is 11.7. The summed E-state index contributed by atoms with van der Waals surface area (Å²) in [6.07, 6.45) is 4.44. The number of hydrogen-bond acceptors (Lipinski definition) is 4. The Morgan fingerprint density at radius 2 is 2.11 bits per heavy atom. The van der Waals surface area contributed by atoms with Crippen molar-refractivity contribution in [2.75, 3.05) is 18.5 Å². The van der Waals surface area contributed by atoms with Crippen molar-refractivity contribution in [1.82, 2.24) is 4.98 Å². The van der Waals surface area contributed by atoms with Crippen molar-refractivity contribution >= 4 is 5.82 Å². The number of pyridine rings is 1. The van der Waals surface area contributed by atoms with Crippen LogP contribution in [0.4, 0.5) is 5.82 Å². The van der Waals surface area contributed by atoms with Crippen molar-refractivity contribution in [3.8, 4) is 6.07 Å². The van der Waals surface area contributed by atoms with E-state index in [1.54, 1.807) is 0 Å². The van der Waals surface area contributed by atoms with Gasteiger partial charge in [-0.05, 0) is 38.3 Å². The van der Waals surface area contributed by atoms with Gasteiger partial charge in [-0.25, -0.2) is 4.98 Å². The maximum atomic E-state index is 9.60. The number of nitrogens with one attached hydrogen (secondary N) is 1. The van der Waals surface area contributed by atoms with E-state index in [0.29, 0.717) is 17.9 Å². The molecule has 0 spiro atoms. The fourth-order valence-electron chi connectivity index (χ4n) is 2.89. The average Bonchev–Trinajstić information content (AvgIpc) is 2.85. The molecule has 1 aliphatic carbocycles. The predicted molar refractivity (Wildman–Crippen MR) is 74.9 cm³/mol. The van der Waals surface area contributed by atoms with E-state index >= 15 is 0 Å². The highest BCUT2D eigenvalue weighted by atomic mass is 16.3. The fourth-order valence-corrected chi connectivity index (χ4v) is 2.89. The molecule has 2 rings (SSSR count). The second-order valence-corrected chi connectivity index (χ2v) is 5.63. The summed E-state index contributed by atoms with van der Waals surface area (Å²) in [5.41, 5.74) is 2.42. The second kappa shape index (κ2) is 5.58. The summed E-state index contributed by atoms with van der Waals surface area (Å²) in [5, 5.41) is 22.1. The van der Waals surface area contributed by atoms with Gasteiger partial charge in [-0.15, -0.1) is 0 Å². The fraction of sp³-hybridized carbons (Fsp3) is 0.600. The van der Waals surface area contributed by atoms with Crippen LogP contribution in [0, 0.1) is 30.6 Å². The van der Waals surface area contributed by atoms with Crippen LogP contribution >= 0.6 is 0 Å². The summed E-state index contributed by atoms with van der Waals surface area (Å²) in [6, 6.07) is 4.13.